The molecule has 1 fully saturated rings. The molecule has 0 saturated carbocycles. The van der Waals surface area contributed by atoms with Crippen LogP contribution in [-0.4, -0.2) is 22.9 Å². The molecule has 0 atom stereocenters. The average Bonchev–Trinajstić information content (AvgIpc) is 3.36. The average molecular weight is 373 g/mol. The van der Waals surface area contributed by atoms with Crippen LogP contribution in [0.25, 0.3) is 0 Å². The summed E-state index contributed by atoms with van der Waals surface area (Å²) >= 11 is 0. The van der Waals surface area contributed by atoms with Crippen LogP contribution < -0.4 is 10.2 Å². The molecule has 0 spiro atoms. The highest BCUT2D eigenvalue weighted by Crippen LogP contribution is 2.22. The largest absolute Gasteiger partial charge is 0.347 e. The van der Waals surface area contributed by atoms with Crippen LogP contribution in [0.2, 0.25) is 0 Å². The number of aromatic nitrogens is 1. The fraction of sp³-hybridized carbons (Fsp3) is 0.217. The van der Waals surface area contributed by atoms with Crippen molar-refractivity contribution in [3.8, 4) is 0 Å². The first-order chi connectivity index (χ1) is 13.7. The van der Waals surface area contributed by atoms with E-state index in [1.807, 2.05) is 82.4 Å². The van der Waals surface area contributed by atoms with Crippen LogP contribution in [0.15, 0.2) is 72.9 Å². The van der Waals surface area contributed by atoms with Crippen LogP contribution in [-0.2, 0) is 17.9 Å². The van der Waals surface area contributed by atoms with Crippen molar-refractivity contribution in [2.45, 2.75) is 25.9 Å². The summed E-state index contributed by atoms with van der Waals surface area (Å²) < 4.78 is 1.95. The monoisotopic (exact) mass is 373 g/mol. The Morgan fingerprint density at radius 3 is 2.57 bits per heavy atom. The summed E-state index contributed by atoms with van der Waals surface area (Å²) in [6, 6.07) is 21.6. The van der Waals surface area contributed by atoms with Crippen LogP contribution in [0.4, 0.5) is 5.69 Å². The van der Waals surface area contributed by atoms with E-state index in [4.69, 9.17) is 0 Å². The summed E-state index contributed by atoms with van der Waals surface area (Å²) in [5.41, 5.74) is 3.67. The number of amides is 2. The molecule has 1 saturated heterocycles. The summed E-state index contributed by atoms with van der Waals surface area (Å²) in [5.74, 6) is 0.0588. The van der Waals surface area contributed by atoms with Gasteiger partial charge in [-0.25, -0.2) is 0 Å². The fourth-order valence-electron chi connectivity index (χ4n) is 3.57. The van der Waals surface area contributed by atoms with Crippen LogP contribution >= 0.6 is 0 Å². The lowest BCUT2D eigenvalue weighted by molar-refractivity contribution is -0.117. The van der Waals surface area contributed by atoms with Gasteiger partial charge in [-0.3, -0.25) is 9.59 Å². The summed E-state index contributed by atoms with van der Waals surface area (Å²) in [6.45, 7) is 1.84. The molecule has 1 aliphatic heterocycles. The molecule has 2 heterocycles. The van der Waals surface area contributed by atoms with Crippen LogP contribution in [0.3, 0.4) is 0 Å². The van der Waals surface area contributed by atoms with Crippen LogP contribution in [0, 0.1) is 0 Å². The van der Waals surface area contributed by atoms with Gasteiger partial charge in [-0.2, -0.15) is 0 Å². The summed E-state index contributed by atoms with van der Waals surface area (Å²) in [5, 5.41) is 2.99. The molecule has 28 heavy (non-hydrogen) atoms. The van der Waals surface area contributed by atoms with Gasteiger partial charge in [0, 0.05) is 37.9 Å². The minimum atomic E-state index is -0.108. The molecule has 2 aromatic carbocycles. The Morgan fingerprint density at radius 1 is 0.964 bits per heavy atom. The van der Waals surface area contributed by atoms with Crippen molar-refractivity contribution in [1.82, 2.24) is 9.88 Å². The lowest BCUT2D eigenvalue weighted by atomic mass is 10.2. The maximum absolute atomic E-state index is 12.7. The van der Waals surface area contributed by atoms with Gasteiger partial charge in [-0.05, 0) is 41.8 Å². The molecule has 2 amide bonds. The standard InChI is InChI=1S/C23H23N3O2/c27-22-12-6-14-26(22)20-10-4-9-19(15-20)16-24-23(28)21-11-5-13-25(21)17-18-7-2-1-3-8-18/h1-5,7-11,13,15H,6,12,14,16-17H2,(H,24,28). The van der Waals surface area contributed by atoms with Crippen molar-refractivity contribution in [3.63, 3.8) is 0 Å². The van der Waals surface area contributed by atoms with E-state index in [0.717, 1.165) is 29.8 Å². The smallest absolute Gasteiger partial charge is 0.268 e. The molecule has 142 valence electrons. The highest BCUT2D eigenvalue weighted by Gasteiger charge is 2.21. The van der Waals surface area contributed by atoms with Crippen LogP contribution in [0.5, 0.6) is 0 Å². The second kappa shape index (κ2) is 8.13. The molecule has 4 rings (SSSR count). The summed E-state index contributed by atoms with van der Waals surface area (Å²) in [6.07, 6.45) is 3.43. The minimum absolute atomic E-state index is 0.108. The maximum atomic E-state index is 12.7. The molecule has 0 unspecified atom stereocenters. The van der Waals surface area contributed by atoms with E-state index in [9.17, 15) is 9.59 Å². The molecule has 1 N–H and O–H groups in total. The summed E-state index contributed by atoms with van der Waals surface area (Å²) in [4.78, 5) is 26.5. The van der Waals surface area contributed by atoms with Crippen LogP contribution in [0.1, 0.15) is 34.5 Å². The topological polar surface area (TPSA) is 54.3 Å². The van der Waals surface area contributed by atoms with E-state index in [2.05, 4.69) is 5.32 Å². The van der Waals surface area contributed by atoms with Gasteiger partial charge in [0.2, 0.25) is 5.91 Å². The van der Waals surface area contributed by atoms with Crippen molar-refractivity contribution >= 4 is 17.5 Å². The number of rotatable bonds is 6. The number of carbonyl (C=O) groups excluding carboxylic acids is 2. The van der Waals surface area contributed by atoms with Crippen molar-refractivity contribution in [1.29, 1.82) is 0 Å². The highest BCUT2D eigenvalue weighted by molar-refractivity contribution is 5.95. The molecule has 0 aliphatic carbocycles. The zero-order valence-electron chi connectivity index (χ0n) is 15.7. The normalized spacial score (nSPS) is 13.7. The second-order valence-electron chi connectivity index (χ2n) is 7.01. The van der Waals surface area contributed by atoms with Gasteiger partial charge < -0.3 is 14.8 Å². The fourth-order valence-corrected chi connectivity index (χ4v) is 3.57. The number of carbonyl (C=O) groups is 2. The van der Waals surface area contributed by atoms with Gasteiger partial charge in [0.15, 0.2) is 0 Å². The number of anilines is 1. The lowest BCUT2D eigenvalue weighted by Gasteiger charge is -2.17. The van der Waals surface area contributed by atoms with E-state index in [1.165, 1.54) is 0 Å². The Kier molecular flexibility index (Phi) is 5.24. The Hall–Kier alpha value is -3.34. The van der Waals surface area contributed by atoms with Gasteiger partial charge in [0.05, 0.1) is 0 Å². The number of benzene rings is 2. The third kappa shape index (κ3) is 3.98. The van der Waals surface area contributed by atoms with E-state index in [1.54, 1.807) is 0 Å². The molecular weight excluding hydrogens is 350 g/mol. The summed E-state index contributed by atoms with van der Waals surface area (Å²) in [7, 11) is 0. The van der Waals surface area contributed by atoms with Gasteiger partial charge in [0.25, 0.3) is 5.91 Å². The Morgan fingerprint density at radius 2 is 1.79 bits per heavy atom. The molecule has 1 aliphatic rings. The molecule has 5 nitrogen and oxygen atoms in total. The van der Waals surface area contributed by atoms with E-state index < -0.39 is 0 Å². The third-order valence-corrected chi connectivity index (χ3v) is 5.01. The van der Waals surface area contributed by atoms with Crippen molar-refractivity contribution in [2.75, 3.05) is 11.4 Å². The van der Waals surface area contributed by atoms with E-state index in [0.29, 0.717) is 25.2 Å². The Labute approximate surface area is 164 Å². The van der Waals surface area contributed by atoms with E-state index in [-0.39, 0.29) is 11.8 Å². The predicted molar refractivity (Wildman–Crippen MR) is 109 cm³/mol. The predicted octanol–water partition coefficient (Wildman–Crippen LogP) is 3.59. The number of hydrogen-bond acceptors (Lipinski definition) is 2. The van der Waals surface area contributed by atoms with Gasteiger partial charge >= 0.3 is 0 Å². The molecule has 0 radical (unpaired) electrons. The first kappa shape index (κ1) is 18.0. The van der Waals surface area contributed by atoms with Gasteiger partial charge in [-0.1, -0.05) is 42.5 Å². The molecule has 1 aromatic heterocycles. The first-order valence-corrected chi connectivity index (χ1v) is 9.57. The maximum Gasteiger partial charge on any atom is 0.268 e. The third-order valence-electron chi connectivity index (χ3n) is 5.01. The Bertz CT molecular complexity index is 978. The molecule has 5 heteroatoms. The first-order valence-electron chi connectivity index (χ1n) is 9.57. The quantitative estimate of drug-likeness (QED) is 0.718. The number of hydrogen-bond donors (Lipinski definition) is 1. The van der Waals surface area contributed by atoms with Gasteiger partial charge in [0.1, 0.15) is 5.69 Å². The molecular formula is C23H23N3O2. The zero-order chi connectivity index (χ0) is 19.3. The van der Waals surface area contributed by atoms with E-state index >= 15 is 0 Å². The SMILES string of the molecule is O=C(NCc1cccc(N2CCCC2=O)c1)c1cccn1Cc1ccccc1. The molecule has 0 bridgehead atoms. The number of nitrogens with zero attached hydrogens (tertiary/aromatic N) is 2. The van der Waals surface area contributed by atoms with Gasteiger partial charge in [-0.15, -0.1) is 0 Å². The second-order valence-corrected chi connectivity index (χ2v) is 7.01. The highest BCUT2D eigenvalue weighted by atomic mass is 16.2. The zero-order valence-corrected chi connectivity index (χ0v) is 15.7. The Balaban J connectivity index is 1.41. The van der Waals surface area contributed by atoms with Crippen molar-refractivity contribution < 1.29 is 9.59 Å². The minimum Gasteiger partial charge on any atom is -0.347 e. The lowest BCUT2D eigenvalue weighted by Crippen LogP contribution is -2.26. The number of nitrogens with one attached hydrogen (secondary N) is 1. The molecule has 3 aromatic rings. The van der Waals surface area contributed by atoms with Crippen molar-refractivity contribution in [3.05, 3.63) is 89.7 Å². The van der Waals surface area contributed by atoms with Crippen molar-refractivity contribution in [2.24, 2.45) is 0 Å².